The molecule has 1 heterocycles. The van der Waals surface area contributed by atoms with Crippen LogP contribution < -0.4 is 5.32 Å². The highest BCUT2D eigenvalue weighted by Crippen LogP contribution is 2.36. The minimum atomic E-state index is -0.185. The molecule has 0 atom stereocenters. The number of benzene rings is 1. The fourth-order valence-corrected chi connectivity index (χ4v) is 2.37. The Morgan fingerprint density at radius 1 is 1.33 bits per heavy atom. The number of aromatic nitrogens is 1. The molecule has 18 heavy (non-hydrogen) atoms. The summed E-state index contributed by atoms with van der Waals surface area (Å²) >= 11 is 5.88. The zero-order valence-electron chi connectivity index (χ0n) is 9.82. The lowest BCUT2D eigenvalue weighted by Gasteiger charge is -2.14. The van der Waals surface area contributed by atoms with E-state index in [0.717, 1.165) is 23.7 Å². The molecule has 3 rings (SSSR count). The van der Waals surface area contributed by atoms with Crippen molar-refractivity contribution in [3.05, 3.63) is 42.1 Å². The smallest absolute Gasteiger partial charge is 0.253 e. The average Bonchev–Trinajstić information content (AvgIpc) is 3.18. The standard InChI is InChI=1S/C14H13ClN2O/c15-9-14(6-7-14)17-13(18)11-5-1-3-10-4-2-8-16-12(10)11/h1-5,8H,6-7,9H2,(H,17,18). The van der Waals surface area contributed by atoms with Crippen molar-refractivity contribution < 1.29 is 4.79 Å². The Morgan fingerprint density at radius 3 is 2.83 bits per heavy atom. The van der Waals surface area contributed by atoms with E-state index >= 15 is 0 Å². The first-order chi connectivity index (χ1) is 8.74. The third kappa shape index (κ3) is 1.95. The summed E-state index contributed by atoms with van der Waals surface area (Å²) in [6.45, 7) is 0. The quantitative estimate of drug-likeness (QED) is 0.863. The van der Waals surface area contributed by atoms with Gasteiger partial charge >= 0.3 is 0 Å². The Bertz CT molecular complexity index is 602. The summed E-state index contributed by atoms with van der Waals surface area (Å²) in [4.78, 5) is 16.5. The largest absolute Gasteiger partial charge is 0.345 e. The maximum atomic E-state index is 12.3. The summed E-state index contributed by atoms with van der Waals surface area (Å²) < 4.78 is 0. The van der Waals surface area contributed by atoms with E-state index in [1.165, 1.54) is 0 Å². The molecule has 1 aliphatic carbocycles. The fraction of sp³-hybridized carbons (Fsp3) is 0.286. The average molecular weight is 261 g/mol. The molecule has 0 aliphatic heterocycles. The van der Waals surface area contributed by atoms with Gasteiger partial charge in [-0.25, -0.2) is 0 Å². The molecule has 0 saturated heterocycles. The highest BCUT2D eigenvalue weighted by Gasteiger charge is 2.43. The van der Waals surface area contributed by atoms with E-state index in [4.69, 9.17) is 11.6 Å². The molecule has 3 nitrogen and oxygen atoms in total. The minimum absolute atomic E-state index is 0.0857. The SMILES string of the molecule is O=C(NC1(CCl)CC1)c1cccc2cccnc12. The number of fused-ring (bicyclic) bond motifs is 1. The first-order valence-electron chi connectivity index (χ1n) is 5.96. The second-order valence-corrected chi connectivity index (χ2v) is 5.02. The minimum Gasteiger partial charge on any atom is -0.345 e. The normalized spacial score (nSPS) is 16.5. The number of nitrogens with one attached hydrogen (secondary N) is 1. The van der Waals surface area contributed by atoms with Gasteiger partial charge in [0.25, 0.3) is 5.91 Å². The van der Waals surface area contributed by atoms with Crippen LogP contribution in [0.3, 0.4) is 0 Å². The van der Waals surface area contributed by atoms with E-state index in [0.29, 0.717) is 11.4 Å². The van der Waals surface area contributed by atoms with Crippen molar-refractivity contribution in [1.82, 2.24) is 10.3 Å². The summed E-state index contributed by atoms with van der Waals surface area (Å²) in [5, 5.41) is 3.99. The number of amides is 1. The van der Waals surface area contributed by atoms with Gasteiger partial charge in [-0.2, -0.15) is 0 Å². The number of hydrogen-bond acceptors (Lipinski definition) is 2. The van der Waals surface area contributed by atoms with Gasteiger partial charge in [-0.1, -0.05) is 18.2 Å². The monoisotopic (exact) mass is 260 g/mol. The summed E-state index contributed by atoms with van der Waals surface area (Å²) in [7, 11) is 0. The lowest BCUT2D eigenvalue weighted by Crippen LogP contribution is -2.38. The van der Waals surface area contributed by atoms with Crippen LogP contribution in [0.2, 0.25) is 0 Å². The van der Waals surface area contributed by atoms with Gasteiger partial charge in [0, 0.05) is 17.5 Å². The number of pyridine rings is 1. The number of hydrogen-bond donors (Lipinski definition) is 1. The summed E-state index contributed by atoms with van der Waals surface area (Å²) in [6.07, 6.45) is 3.62. The van der Waals surface area contributed by atoms with Crippen molar-refractivity contribution in [2.75, 3.05) is 5.88 Å². The molecule has 4 heteroatoms. The second kappa shape index (κ2) is 4.25. The number of rotatable bonds is 3. The van der Waals surface area contributed by atoms with Crippen molar-refractivity contribution in [3.8, 4) is 0 Å². The molecule has 0 spiro atoms. The number of carbonyl (C=O) groups is 1. The Morgan fingerprint density at radius 2 is 2.11 bits per heavy atom. The Labute approximate surface area is 110 Å². The van der Waals surface area contributed by atoms with E-state index in [9.17, 15) is 4.79 Å². The highest BCUT2D eigenvalue weighted by atomic mass is 35.5. The van der Waals surface area contributed by atoms with Gasteiger partial charge in [-0.05, 0) is 25.0 Å². The molecule has 92 valence electrons. The maximum Gasteiger partial charge on any atom is 0.253 e. The summed E-state index contributed by atoms with van der Waals surface area (Å²) in [5.41, 5.74) is 1.17. The van der Waals surface area contributed by atoms with Crippen LogP contribution >= 0.6 is 11.6 Å². The second-order valence-electron chi connectivity index (χ2n) is 4.75. The molecule has 1 N–H and O–H groups in total. The molecule has 2 aromatic rings. The molecule has 0 bridgehead atoms. The van der Waals surface area contributed by atoms with Crippen molar-refractivity contribution in [3.63, 3.8) is 0 Å². The lowest BCUT2D eigenvalue weighted by atomic mass is 10.1. The van der Waals surface area contributed by atoms with Crippen LogP contribution in [0.25, 0.3) is 10.9 Å². The van der Waals surface area contributed by atoms with E-state index < -0.39 is 0 Å². The van der Waals surface area contributed by atoms with Crippen LogP contribution in [0.1, 0.15) is 23.2 Å². The van der Waals surface area contributed by atoms with Crippen LogP contribution in [0.15, 0.2) is 36.5 Å². The molecule has 1 aromatic heterocycles. The van der Waals surface area contributed by atoms with Crippen molar-refractivity contribution >= 4 is 28.4 Å². The number of para-hydroxylation sites is 1. The van der Waals surface area contributed by atoms with E-state index in [2.05, 4.69) is 10.3 Å². The molecule has 1 amide bonds. The van der Waals surface area contributed by atoms with Crippen LogP contribution in [-0.4, -0.2) is 22.3 Å². The van der Waals surface area contributed by atoms with E-state index in [1.807, 2.05) is 24.3 Å². The van der Waals surface area contributed by atoms with Gasteiger partial charge in [0.1, 0.15) is 0 Å². The maximum absolute atomic E-state index is 12.3. The molecule has 0 radical (unpaired) electrons. The zero-order valence-corrected chi connectivity index (χ0v) is 10.6. The Kier molecular flexibility index (Phi) is 2.71. The Hall–Kier alpha value is -1.61. The van der Waals surface area contributed by atoms with E-state index in [-0.39, 0.29) is 11.4 Å². The van der Waals surface area contributed by atoms with E-state index in [1.54, 1.807) is 12.3 Å². The molecular weight excluding hydrogens is 248 g/mol. The Balaban J connectivity index is 1.96. The third-order valence-corrected chi connectivity index (χ3v) is 3.88. The topological polar surface area (TPSA) is 42.0 Å². The highest BCUT2D eigenvalue weighted by molar-refractivity contribution is 6.19. The first kappa shape index (κ1) is 11.5. The molecule has 0 unspecified atom stereocenters. The van der Waals surface area contributed by atoms with Gasteiger partial charge in [-0.15, -0.1) is 11.6 Å². The van der Waals surface area contributed by atoms with Gasteiger partial charge in [0.2, 0.25) is 0 Å². The van der Waals surface area contributed by atoms with Crippen LogP contribution in [0.4, 0.5) is 0 Å². The van der Waals surface area contributed by atoms with Gasteiger partial charge in [-0.3, -0.25) is 9.78 Å². The van der Waals surface area contributed by atoms with Crippen molar-refractivity contribution in [2.24, 2.45) is 0 Å². The number of halogens is 1. The van der Waals surface area contributed by atoms with Crippen molar-refractivity contribution in [2.45, 2.75) is 18.4 Å². The third-order valence-electron chi connectivity index (χ3n) is 3.37. The lowest BCUT2D eigenvalue weighted by molar-refractivity contribution is 0.0937. The zero-order chi connectivity index (χ0) is 12.6. The molecule has 1 saturated carbocycles. The van der Waals surface area contributed by atoms with Gasteiger partial charge in [0.05, 0.1) is 16.6 Å². The first-order valence-corrected chi connectivity index (χ1v) is 6.50. The molecule has 1 aliphatic rings. The predicted octanol–water partition coefficient (Wildman–Crippen LogP) is 2.74. The molecule has 1 aromatic carbocycles. The van der Waals surface area contributed by atoms with Crippen LogP contribution in [0.5, 0.6) is 0 Å². The van der Waals surface area contributed by atoms with Crippen LogP contribution in [0, 0.1) is 0 Å². The van der Waals surface area contributed by atoms with Crippen LogP contribution in [-0.2, 0) is 0 Å². The van der Waals surface area contributed by atoms with Gasteiger partial charge in [0.15, 0.2) is 0 Å². The summed E-state index contributed by atoms with van der Waals surface area (Å²) in [5.74, 6) is 0.383. The predicted molar refractivity (Wildman–Crippen MR) is 71.9 cm³/mol. The molecule has 1 fully saturated rings. The fourth-order valence-electron chi connectivity index (χ4n) is 2.04. The molecular formula is C14H13ClN2O. The van der Waals surface area contributed by atoms with Crippen molar-refractivity contribution in [1.29, 1.82) is 0 Å². The number of carbonyl (C=O) groups excluding carboxylic acids is 1. The van der Waals surface area contributed by atoms with Gasteiger partial charge < -0.3 is 5.32 Å². The number of nitrogens with zero attached hydrogens (tertiary/aromatic N) is 1. The summed E-state index contributed by atoms with van der Waals surface area (Å²) in [6, 6.07) is 9.44. The number of alkyl halides is 1.